The molecular formula is C12H13N3O2. The molecule has 88 valence electrons. The highest BCUT2D eigenvalue weighted by atomic mass is 16.5. The van der Waals surface area contributed by atoms with Crippen LogP contribution in [0.5, 0.6) is 0 Å². The lowest BCUT2D eigenvalue weighted by Crippen LogP contribution is -2.17. The molecule has 17 heavy (non-hydrogen) atoms. The summed E-state index contributed by atoms with van der Waals surface area (Å²) in [5, 5.41) is 0. The molecule has 5 heteroatoms. The molecule has 1 aromatic carbocycles. The highest BCUT2D eigenvalue weighted by molar-refractivity contribution is 5.71. The second kappa shape index (κ2) is 5.27. The zero-order valence-corrected chi connectivity index (χ0v) is 9.24. The standard InChI is InChI=1S/C12H13N3O2/c13-8-11-14-6-7-15(11)12(16)17-9-10-4-2-1-3-5-10/h1-7H,8-9,13H2. The number of nitrogens with two attached hydrogens (primary N) is 1. The van der Waals surface area contributed by atoms with Gasteiger partial charge in [0.15, 0.2) is 0 Å². The molecule has 0 aliphatic carbocycles. The van der Waals surface area contributed by atoms with Crippen LogP contribution in [0, 0.1) is 0 Å². The number of nitrogens with zero attached hydrogens (tertiary/aromatic N) is 2. The summed E-state index contributed by atoms with van der Waals surface area (Å²) in [5.74, 6) is 0.489. The van der Waals surface area contributed by atoms with Gasteiger partial charge >= 0.3 is 6.09 Å². The van der Waals surface area contributed by atoms with Gasteiger partial charge in [-0.3, -0.25) is 0 Å². The Labute approximate surface area is 98.8 Å². The third-order valence-corrected chi connectivity index (χ3v) is 2.30. The summed E-state index contributed by atoms with van der Waals surface area (Å²) < 4.78 is 6.45. The molecule has 0 amide bonds. The molecule has 2 aromatic rings. The van der Waals surface area contributed by atoms with Gasteiger partial charge in [0.2, 0.25) is 0 Å². The van der Waals surface area contributed by atoms with Gasteiger partial charge in [0.05, 0.1) is 6.54 Å². The second-order valence-corrected chi connectivity index (χ2v) is 3.46. The van der Waals surface area contributed by atoms with Crippen LogP contribution in [0.4, 0.5) is 4.79 Å². The SMILES string of the molecule is NCc1nccn1C(=O)OCc1ccccc1. The Bertz CT molecular complexity index is 493. The van der Waals surface area contributed by atoms with Crippen LogP contribution in [0.25, 0.3) is 0 Å². The van der Waals surface area contributed by atoms with E-state index < -0.39 is 6.09 Å². The van der Waals surface area contributed by atoms with Gasteiger partial charge in [0.25, 0.3) is 0 Å². The van der Waals surface area contributed by atoms with Crippen LogP contribution in [0.2, 0.25) is 0 Å². The average molecular weight is 231 g/mol. The number of hydrogen-bond acceptors (Lipinski definition) is 4. The predicted molar refractivity (Wildman–Crippen MR) is 62.1 cm³/mol. The number of benzene rings is 1. The smallest absolute Gasteiger partial charge is 0.419 e. The molecule has 1 heterocycles. The average Bonchev–Trinajstić information content (AvgIpc) is 2.85. The van der Waals surface area contributed by atoms with Crippen molar-refractivity contribution in [2.24, 2.45) is 5.73 Å². The van der Waals surface area contributed by atoms with Crippen LogP contribution in [-0.4, -0.2) is 15.6 Å². The van der Waals surface area contributed by atoms with Crippen molar-refractivity contribution in [3.05, 3.63) is 54.1 Å². The Morgan fingerprint density at radius 3 is 2.82 bits per heavy atom. The minimum Gasteiger partial charge on any atom is -0.444 e. The lowest BCUT2D eigenvalue weighted by Gasteiger charge is -2.06. The fraction of sp³-hybridized carbons (Fsp3) is 0.167. The summed E-state index contributed by atoms with van der Waals surface area (Å²) in [6.07, 6.45) is 2.59. The van der Waals surface area contributed by atoms with Crippen molar-refractivity contribution >= 4 is 6.09 Å². The van der Waals surface area contributed by atoms with Crippen LogP contribution in [-0.2, 0) is 17.9 Å². The Hall–Kier alpha value is -2.14. The van der Waals surface area contributed by atoms with Crippen LogP contribution in [0.15, 0.2) is 42.7 Å². The molecule has 0 spiro atoms. The van der Waals surface area contributed by atoms with E-state index in [0.717, 1.165) is 5.56 Å². The van der Waals surface area contributed by atoms with Crippen molar-refractivity contribution in [1.82, 2.24) is 9.55 Å². The fourth-order valence-corrected chi connectivity index (χ4v) is 1.44. The van der Waals surface area contributed by atoms with Crippen molar-refractivity contribution < 1.29 is 9.53 Å². The molecular weight excluding hydrogens is 218 g/mol. The van der Waals surface area contributed by atoms with Gasteiger partial charge in [-0.25, -0.2) is 14.3 Å². The molecule has 0 fully saturated rings. The van der Waals surface area contributed by atoms with Gasteiger partial charge < -0.3 is 10.5 Å². The highest BCUT2D eigenvalue weighted by Crippen LogP contribution is 2.03. The maximum Gasteiger partial charge on any atom is 0.419 e. The molecule has 0 radical (unpaired) electrons. The van der Waals surface area contributed by atoms with Gasteiger partial charge in [-0.1, -0.05) is 30.3 Å². The van der Waals surface area contributed by atoms with E-state index in [2.05, 4.69) is 4.98 Å². The van der Waals surface area contributed by atoms with Crippen molar-refractivity contribution in [2.75, 3.05) is 0 Å². The monoisotopic (exact) mass is 231 g/mol. The molecule has 2 N–H and O–H groups in total. The van der Waals surface area contributed by atoms with Crippen molar-refractivity contribution in [1.29, 1.82) is 0 Å². The number of rotatable bonds is 3. The Morgan fingerprint density at radius 2 is 2.12 bits per heavy atom. The van der Waals surface area contributed by atoms with Crippen molar-refractivity contribution in [3.8, 4) is 0 Å². The maximum absolute atomic E-state index is 11.7. The minimum atomic E-state index is -0.466. The third kappa shape index (κ3) is 2.70. The number of carbonyl (C=O) groups is 1. The molecule has 0 bridgehead atoms. The topological polar surface area (TPSA) is 70.1 Å². The number of aromatic nitrogens is 2. The Balaban J connectivity index is 1.98. The first-order valence-corrected chi connectivity index (χ1v) is 5.24. The lowest BCUT2D eigenvalue weighted by atomic mass is 10.2. The van der Waals surface area contributed by atoms with Gasteiger partial charge in [0, 0.05) is 12.4 Å². The quantitative estimate of drug-likeness (QED) is 0.869. The van der Waals surface area contributed by atoms with E-state index in [1.807, 2.05) is 30.3 Å². The van der Waals surface area contributed by atoms with Gasteiger partial charge in [0.1, 0.15) is 12.4 Å². The summed E-state index contributed by atoms with van der Waals surface area (Å²) in [7, 11) is 0. The summed E-state index contributed by atoms with van der Waals surface area (Å²) in [6, 6.07) is 9.49. The fourth-order valence-electron chi connectivity index (χ4n) is 1.44. The molecule has 0 saturated carbocycles. The van der Waals surface area contributed by atoms with E-state index in [1.54, 1.807) is 0 Å². The molecule has 0 atom stereocenters. The summed E-state index contributed by atoms with van der Waals surface area (Å²) in [6.45, 7) is 0.440. The Morgan fingerprint density at radius 1 is 1.35 bits per heavy atom. The third-order valence-electron chi connectivity index (χ3n) is 2.30. The van der Waals surface area contributed by atoms with E-state index in [4.69, 9.17) is 10.5 Å². The Kier molecular flexibility index (Phi) is 3.52. The van der Waals surface area contributed by atoms with Crippen LogP contribution < -0.4 is 5.73 Å². The predicted octanol–water partition coefficient (Wildman–Crippen LogP) is 1.53. The minimum absolute atomic E-state index is 0.202. The van der Waals surface area contributed by atoms with Crippen molar-refractivity contribution in [2.45, 2.75) is 13.2 Å². The van der Waals surface area contributed by atoms with Crippen LogP contribution >= 0.6 is 0 Å². The zero-order chi connectivity index (χ0) is 12.1. The second-order valence-electron chi connectivity index (χ2n) is 3.46. The van der Waals surface area contributed by atoms with E-state index in [-0.39, 0.29) is 13.2 Å². The summed E-state index contributed by atoms with van der Waals surface area (Å²) >= 11 is 0. The largest absolute Gasteiger partial charge is 0.444 e. The summed E-state index contributed by atoms with van der Waals surface area (Å²) in [5.41, 5.74) is 6.39. The van der Waals surface area contributed by atoms with Gasteiger partial charge in [-0.05, 0) is 5.56 Å². The molecule has 0 saturated heterocycles. The number of carbonyl (C=O) groups excluding carboxylic acids is 1. The van der Waals surface area contributed by atoms with Crippen LogP contribution in [0.3, 0.4) is 0 Å². The normalized spacial score (nSPS) is 10.2. The molecule has 1 aromatic heterocycles. The molecule has 2 rings (SSSR count). The summed E-state index contributed by atoms with van der Waals surface area (Å²) in [4.78, 5) is 15.7. The molecule has 0 unspecified atom stereocenters. The first-order chi connectivity index (χ1) is 8.31. The van der Waals surface area contributed by atoms with E-state index >= 15 is 0 Å². The highest BCUT2D eigenvalue weighted by Gasteiger charge is 2.10. The maximum atomic E-state index is 11.7. The first-order valence-electron chi connectivity index (χ1n) is 5.24. The zero-order valence-electron chi connectivity index (χ0n) is 9.24. The number of imidazole rings is 1. The van der Waals surface area contributed by atoms with E-state index in [9.17, 15) is 4.79 Å². The molecule has 5 nitrogen and oxygen atoms in total. The number of hydrogen-bond donors (Lipinski definition) is 1. The van der Waals surface area contributed by atoms with Gasteiger partial charge in [-0.2, -0.15) is 0 Å². The van der Waals surface area contributed by atoms with E-state index in [0.29, 0.717) is 5.82 Å². The van der Waals surface area contributed by atoms with E-state index in [1.165, 1.54) is 17.0 Å². The molecule has 0 aliphatic heterocycles. The van der Waals surface area contributed by atoms with Gasteiger partial charge in [-0.15, -0.1) is 0 Å². The first kappa shape index (κ1) is 11.3. The lowest BCUT2D eigenvalue weighted by molar-refractivity contribution is 0.140. The molecule has 0 aliphatic rings. The van der Waals surface area contributed by atoms with Crippen LogP contribution in [0.1, 0.15) is 11.4 Å². The van der Waals surface area contributed by atoms with Crippen molar-refractivity contribution in [3.63, 3.8) is 0 Å². The number of ether oxygens (including phenoxy) is 1.